The summed E-state index contributed by atoms with van der Waals surface area (Å²) in [7, 11) is 1.94. The van der Waals surface area contributed by atoms with Crippen molar-refractivity contribution >= 4 is 44.3 Å². The lowest BCUT2D eigenvalue weighted by Gasteiger charge is -2.27. The van der Waals surface area contributed by atoms with Crippen LogP contribution in [0.2, 0.25) is 5.02 Å². The minimum absolute atomic E-state index is 0.157. The van der Waals surface area contributed by atoms with Crippen LogP contribution in [0.15, 0.2) is 47.7 Å². The van der Waals surface area contributed by atoms with Gasteiger partial charge in [0.1, 0.15) is 17.8 Å². The lowest BCUT2D eigenvalue weighted by molar-refractivity contribution is 0.653. The minimum atomic E-state index is -0.157. The van der Waals surface area contributed by atoms with Crippen molar-refractivity contribution in [3.05, 3.63) is 58.4 Å². The van der Waals surface area contributed by atoms with Crippen molar-refractivity contribution in [2.75, 3.05) is 11.9 Å². The van der Waals surface area contributed by atoms with E-state index in [1.807, 2.05) is 31.0 Å². The maximum absolute atomic E-state index is 6.24. The summed E-state index contributed by atoms with van der Waals surface area (Å²) in [6.45, 7) is 2.02. The summed E-state index contributed by atoms with van der Waals surface area (Å²) < 4.78 is 0.815. The predicted molar refractivity (Wildman–Crippen MR) is 106 cm³/mol. The Labute approximate surface area is 168 Å². The Morgan fingerprint density at radius 1 is 1.04 bits per heavy atom. The number of nitrogens with zero attached hydrogens (tertiary/aromatic N) is 8. The molecule has 0 amide bonds. The van der Waals surface area contributed by atoms with Gasteiger partial charge in [-0.2, -0.15) is 10.2 Å². The summed E-state index contributed by atoms with van der Waals surface area (Å²) >= 11 is 9.76. The Balaban J connectivity index is 1.81. The lowest BCUT2D eigenvalue weighted by Crippen LogP contribution is -2.26. The Bertz CT molecular complexity index is 1100. The molecule has 1 aromatic carbocycles. The molecule has 0 radical (unpaired) electrons. The fraction of sp³-hybridized carbons (Fsp3) is 0.176. The van der Waals surface area contributed by atoms with E-state index >= 15 is 0 Å². The molecule has 0 N–H and O–H groups in total. The number of rotatable bonds is 4. The Kier molecular flexibility index (Phi) is 4.71. The van der Waals surface area contributed by atoms with Gasteiger partial charge in [0, 0.05) is 34.3 Å². The van der Waals surface area contributed by atoms with Crippen molar-refractivity contribution in [1.29, 1.82) is 0 Å². The highest BCUT2D eigenvalue weighted by Gasteiger charge is 2.22. The maximum atomic E-state index is 6.24. The van der Waals surface area contributed by atoms with Gasteiger partial charge in [0.05, 0.1) is 24.0 Å². The van der Waals surface area contributed by atoms with Gasteiger partial charge in [-0.15, -0.1) is 4.80 Å². The topological polar surface area (TPSA) is 85.5 Å². The van der Waals surface area contributed by atoms with Crippen LogP contribution in [0, 0.1) is 0 Å². The standard InChI is InChI=1S/C17H14BrClN8/c1-10(14-17(21-4-3-20-14)27-24-5-6-25-27)26(2)16-12-7-11(19)8-13(18)15(12)22-9-23-16/h3-10H,1-2H3. The highest BCUT2D eigenvalue weighted by Crippen LogP contribution is 2.34. The summed E-state index contributed by atoms with van der Waals surface area (Å²) in [5.41, 5.74) is 1.51. The molecule has 8 nitrogen and oxygen atoms in total. The third-order valence-electron chi connectivity index (χ3n) is 4.26. The van der Waals surface area contributed by atoms with Crippen molar-refractivity contribution in [1.82, 2.24) is 34.9 Å². The third-order valence-corrected chi connectivity index (χ3v) is 5.08. The van der Waals surface area contributed by atoms with Gasteiger partial charge >= 0.3 is 0 Å². The predicted octanol–water partition coefficient (Wildman–Crippen LogP) is 3.61. The largest absolute Gasteiger partial charge is 0.351 e. The molecule has 0 spiro atoms. The van der Waals surface area contributed by atoms with E-state index < -0.39 is 0 Å². The van der Waals surface area contributed by atoms with Crippen molar-refractivity contribution in [2.45, 2.75) is 13.0 Å². The normalized spacial score (nSPS) is 12.3. The second kappa shape index (κ2) is 7.16. The monoisotopic (exact) mass is 444 g/mol. The molecule has 0 aliphatic rings. The molecule has 136 valence electrons. The van der Waals surface area contributed by atoms with Crippen LogP contribution in [-0.2, 0) is 0 Å². The van der Waals surface area contributed by atoms with E-state index in [-0.39, 0.29) is 6.04 Å². The number of hydrogen-bond donors (Lipinski definition) is 0. The first-order valence-corrected chi connectivity index (χ1v) is 9.23. The van der Waals surface area contributed by atoms with Crippen LogP contribution >= 0.6 is 27.5 Å². The van der Waals surface area contributed by atoms with Crippen LogP contribution in [0.25, 0.3) is 16.7 Å². The maximum Gasteiger partial charge on any atom is 0.198 e. The fourth-order valence-electron chi connectivity index (χ4n) is 2.84. The number of fused-ring (bicyclic) bond motifs is 1. The first-order chi connectivity index (χ1) is 13.1. The Morgan fingerprint density at radius 2 is 1.78 bits per heavy atom. The summed E-state index contributed by atoms with van der Waals surface area (Å²) in [5.74, 6) is 1.31. The molecule has 0 saturated carbocycles. The molecule has 0 fully saturated rings. The van der Waals surface area contributed by atoms with Crippen molar-refractivity contribution in [3.8, 4) is 5.82 Å². The third kappa shape index (κ3) is 3.24. The highest BCUT2D eigenvalue weighted by atomic mass is 79.9. The van der Waals surface area contributed by atoms with E-state index in [0.29, 0.717) is 10.8 Å². The summed E-state index contributed by atoms with van der Waals surface area (Å²) in [4.78, 5) is 21.2. The smallest absolute Gasteiger partial charge is 0.198 e. The van der Waals surface area contributed by atoms with Gasteiger partial charge in [-0.1, -0.05) is 11.6 Å². The molecule has 4 rings (SSSR count). The van der Waals surface area contributed by atoms with Gasteiger partial charge in [-0.25, -0.2) is 15.0 Å². The first-order valence-electron chi connectivity index (χ1n) is 8.06. The van der Waals surface area contributed by atoms with E-state index in [1.165, 1.54) is 11.1 Å². The molecular weight excluding hydrogens is 432 g/mol. The number of hydrogen-bond acceptors (Lipinski definition) is 7. The first kappa shape index (κ1) is 17.7. The zero-order chi connectivity index (χ0) is 19.0. The van der Waals surface area contributed by atoms with Gasteiger partial charge in [-0.3, -0.25) is 4.98 Å². The second-order valence-electron chi connectivity index (χ2n) is 5.85. The summed E-state index contributed by atoms with van der Waals surface area (Å²) in [5, 5.41) is 9.79. The van der Waals surface area contributed by atoms with Crippen LogP contribution in [0.5, 0.6) is 0 Å². The Hall–Kier alpha value is -2.65. The van der Waals surface area contributed by atoms with Crippen LogP contribution < -0.4 is 4.90 Å². The molecule has 1 unspecified atom stereocenters. The van der Waals surface area contributed by atoms with E-state index in [2.05, 4.69) is 46.1 Å². The molecule has 4 aromatic rings. The number of benzene rings is 1. The molecule has 3 aromatic heterocycles. The quantitative estimate of drug-likeness (QED) is 0.474. The lowest BCUT2D eigenvalue weighted by atomic mass is 10.1. The average Bonchev–Trinajstić information content (AvgIpc) is 3.21. The van der Waals surface area contributed by atoms with Gasteiger partial charge in [0.2, 0.25) is 0 Å². The molecule has 0 aliphatic heterocycles. The van der Waals surface area contributed by atoms with Crippen molar-refractivity contribution in [3.63, 3.8) is 0 Å². The minimum Gasteiger partial charge on any atom is -0.351 e. The summed E-state index contributed by atoms with van der Waals surface area (Å²) in [6, 6.07) is 3.51. The number of aromatic nitrogens is 7. The van der Waals surface area contributed by atoms with Crippen LogP contribution in [0.1, 0.15) is 18.7 Å². The molecule has 0 aliphatic carbocycles. The van der Waals surface area contributed by atoms with Gasteiger partial charge in [0.25, 0.3) is 0 Å². The van der Waals surface area contributed by atoms with E-state index in [4.69, 9.17) is 11.6 Å². The zero-order valence-corrected chi connectivity index (χ0v) is 16.8. The molecular formula is C17H14BrClN8. The highest BCUT2D eigenvalue weighted by molar-refractivity contribution is 9.10. The second-order valence-corrected chi connectivity index (χ2v) is 7.14. The van der Waals surface area contributed by atoms with Gasteiger partial charge < -0.3 is 4.90 Å². The molecule has 27 heavy (non-hydrogen) atoms. The fourth-order valence-corrected chi connectivity index (χ4v) is 3.75. The van der Waals surface area contributed by atoms with Crippen LogP contribution in [-0.4, -0.2) is 42.0 Å². The number of anilines is 1. The van der Waals surface area contributed by atoms with E-state index in [9.17, 15) is 0 Å². The van der Waals surface area contributed by atoms with Crippen molar-refractivity contribution in [2.24, 2.45) is 0 Å². The van der Waals surface area contributed by atoms with Gasteiger partial charge in [-0.05, 0) is 35.0 Å². The molecule has 3 heterocycles. The molecule has 1 atom stereocenters. The van der Waals surface area contributed by atoms with Crippen LogP contribution in [0.4, 0.5) is 5.82 Å². The van der Waals surface area contributed by atoms with E-state index in [0.717, 1.165) is 26.9 Å². The van der Waals surface area contributed by atoms with E-state index in [1.54, 1.807) is 24.8 Å². The molecule has 0 saturated heterocycles. The Morgan fingerprint density at radius 3 is 2.56 bits per heavy atom. The zero-order valence-electron chi connectivity index (χ0n) is 14.5. The van der Waals surface area contributed by atoms with Crippen LogP contribution in [0.3, 0.4) is 0 Å². The molecule has 0 bridgehead atoms. The van der Waals surface area contributed by atoms with Crippen molar-refractivity contribution < 1.29 is 0 Å². The molecule has 10 heteroatoms. The number of halogens is 2. The van der Waals surface area contributed by atoms with Gasteiger partial charge in [0.15, 0.2) is 5.82 Å². The SMILES string of the molecule is CC(c1nccnc1-n1nccn1)N(C)c1ncnc2c(Br)cc(Cl)cc12. The average molecular weight is 446 g/mol. The summed E-state index contributed by atoms with van der Waals surface area (Å²) in [6.07, 6.45) is 8.00.